The van der Waals surface area contributed by atoms with E-state index >= 15 is 0 Å². The highest BCUT2D eigenvalue weighted by Gasteiger charge is 2.20. The van der Waals surface area contributed by atoms with Gasteiger partial charge >= 0.3 is 0 Å². The van der Waals surface area contributed by atoms with Crippen LogP contribution in [0.5, 0.6) is 0 Å². The summed E-state index contributed by atoms with van der Waals surface area (Å²) in [4.78, 5) is 12.3. The first-order valence-electron chi connectivity index (χ1n) is 24.8. The zero-order valence-corrected chi connectivity index (χ0v) is 37.7. The van der Waals surface area contributed by atoms with E-state index < -0.39 is 12.1 Å². The lowest BCUT2D eigenvalue weighted by Crippen LogP contribution is -2.45. The molecule has 4 nitrogen and oxygen atoms in total. The van der Waals surface area contributed by atoms with Crippen LogP contribution in [0.2, 0.25) is 0 Å². The summed E-state index contributed by atoms with van der Waals surface area (Å²) < 4.78 is 0. The third kappa shape index (κ3) is 43.5. The molecule has 0 aliphatic heterocycles. The molecule has 0 fully saturated rings. The predicted octanol–water partition coefficient (Wildman–Crippen LogP) is 15.9. The summed E-state index contributed by atoms with van der Waals surface area (Å²) in [6.45, 7) is 4.21. The van der Waals surface area contributed by atoms with Gasteiger partial charge < -0.3 is 15.5 Å². The molecule has 0 aromatic rings. The Hall–Kier alpha value is -1.65. The second-order valence-corrected chi connectivity index (χ2v) is 16.9. The smallest absolute Gasteiger partial charge is 0.220 e. The van der Waals surface area contributed by atoms with E-state index in [4.69, 9.17) is 0 Å². The standard InChI is InChI=1S/C52H97NO3/c1-3-5-7-9-11-12-13-14-15-16-17-18-19-20-21-22-23-24-25-26-27-28-29-30-31-32-33-34-35-36-37-38-39-40-42-44-46-48-52(56)53-50(49-54)51(55)47-45-43-41-10-8-6-4-2/h5,7,11-12,14-15,17-18,50-51,54-55H,3-4,6,8-10,13,16,19-49H2,1-2H3,(H,53,56)/b7-5-,12-11-,15-14-,18-17-. The van der Waals surface area contributed by atoms with Gasteiger partial charge in [0.2, 0.25) is 5.91 Å². The summed E-state index contributed by atoms with van der Waals surface area (Å²) in [6, 6.07) is -0.531. The number of aliphatic hydroxyl groups is 2. The zero-order chi connectivity index (χ0) is 40.7. The fourth-order valence-electron chi connectivity index (χ4n) is 7.59. The quantitative estimate of drug-likeness (QED) is 0.0425. The van der Waals surface area contributed by atoms with Gasteiger partial charge in [-0.2, -0.15) is 0 Å². The van der Waals surface area contributed by atoms with Gasteiger partial charge in [-0.3, -0.25) is 4.79 Å². The minimum absolute atomic E-state index is 0.0325. The maximum atomic E-state index is 12.3. The maximum absolute atomic E-state index is 12.3. The number of aliphatic hydroxyl groups excluding tert-OH is 2. The number of nitrogens with one attached hydrogen (secondary N) is 1. The van der Waals surface area contributed by atoms with Crippen molar-refractivity contribution in [3.63, 3.8) is 0 Å². The van der Waals surface area contributed by atoms with Gasteiger partial charge in [0, 0.05) is 6.42 Å². The normalized spacial score (nSPS) is 13.3. The highest BCUT2D eigenvalue weighted by atomic mass is 16.3. The lowest BCUT2D eigenvalue weighted by Gasteiger charge is -2.22. The molecule has 0 aromatic carbocycles. The summed E-state index contributed by atoms with van der Waals surface area (Å²) in [6.07, 6.45) is 65.4. The molecule has 0 heterocycles. The summed E-state index contributed by atoms with van der Waals surface area (Å²) >= 11 is 0. The molecule has 0 aliphatic rings. The van der Waals surface area contributed by atoms with Crippen molar-refractivity contribution in [1.29, 1.82) is 0 Å². The summed E-state index contributed by atoms with van der Waals surface area (Å²) in [5.74, 6) is -0.0325. The van der Waals surface area contributed by atoms with Crippen LogP contribution >= 0.6 is 0 Å². The van der Waals surface area contributed by atoms with E-state index in [-0.39, 0.29) is 12.5 Å². The molecule has 4 heteroatoms. The van der Waals surface area contributed by atoms with E-state index in [9.17, 15) is 15.0 Å². The van der Waals surface area contributed by atoms with Crippen LogP contribution in [0.3, 0.4) is 0 Å². The molecule has 3 N–H and O–H groups in total. The summed E-state index contributed by atoms with van der Waals surface area (Å²) in [5.41, 5.74) is 0. The number of hydrogen-bond donors (Lipinski definition) is 3. The van der Waals surface area contributed by atoms with Gasteiger partial charge in [0.25, 0.3) is 0 Å². The van der Waals surface area contributed by atoms with Gasteiger partial charge in [0.1, 0.15) is 0 Å². The van der Waals surface area contributed by atoms with Crippen LogP contribution in [0.15, 0.2) is 48.6 Å². The van der Waals surface area contributed by atoms with E-state index in [0.29, 0.717) is 12.8 Å². The van der Waals surface area contributed by atoms with Crippen LogP contribution < -0.4 is 5.32 Å². The number of rotatable bonds is 45. The SMILES string of the molecule is CC/C=C\C/C=C\C/C=C\C/C=C\CCCCCCCCCCCCCCCCCCCCCCCCCCC(=O)NC(CO)C(O)CCCCCCCCC. The number of unbranched alkanes of at least 4 members (excludes halogenated alkanes) is 30. The molecule has 0 radical (unpaired) electrons. The number of amides is 1. The third-order valence-electron chi connectivity index (χ3n) is 11.4. The molecule has 56 heavy (non-hydrogen) atoms. The molecule has 2 unspecified atom stereocenters. The molecule has 0 saturated heterocycles. The molecule has 0 bridgehead atoms. The van der Waals surface area contributed by atoms with Crippen molar-refractivity contribution in [2.75, 3.05) is 6.61 Å². The number of allylic oxidation sites excluding steroid dienone is 8. The molecular formula is C52H97NO3. The van der Waals surface area contributed by atoms with E-state index in [1.165, 1.54) is 180 Å². The first-order valence-corrected chi connectivity index (χ1v) is 24.8. The Morgan fingerprint density at radius 2 is 0.786 bits per heavy atom. The minimum atomic E-state index is -0.654. The van der Waals surface area contributed by atoms with Crippen LogP contribution in [0.1, 0.15) is 258 Å². The highest BCUT2D eigenvalue weighted by Crippen LogP contribution is 2.17. The Labute approximate surface area is 350 Å². The van der Waals surface area contributed by atoms with Crippen molar-refractivity contribution in [2.24, 2.45) is 0 Å². The fourth-order valence-corrected chi connectivity index (χ4v) is 7.59. The first kappa shape index (κ1) is 54.3. The molecule has 0 aliphatic carbocycles. The Morgan fingerprint density at radius 1 is 0.446 bits per heavy atom. The van der Waals surface area contributed by atoms with Gasteiger partial charge in [-0.25, -0.2) is 0 Å². The third-order valence-corrected chi connectivity index (χ3v) is 11.4. The van der Waals surface area contributed by atoms with Crippen molar-refractivity contribution < 1.29 is 15.0 Å². The van der Waals surface area contributed by atoms with Crippen LogP contribution in [0.4, 0.5) is 0 Å². The van der Waals surface area contributed by atoms with Crippen LogP contribution in [-0.4, -0.2) is 34.9 Å². The van der Waals surface area contributed by atoms with Crippen molar-refractivity contribution in [3.8, 4) is 0 Å². The minimum Gasteiger partial charge on any atom is -0.394 e. The largest absolute Gasteiger partial charge is 0.394 e. The average Bonchev–Trinajstić information content (AvgIpc) is 3.20. The van der Waals surface area contributed by atoms with Gasteiger partial charge in [-0.1, -0.05) is 249 Å². The monoisotopic (exact) mass is 784 g/mol. The molecule has 0 spiro atoms. The highest BCUT2D eigenvalue weighted by molar-refractivity contribution is 5.76. The van der Waals surface area contributed by atoms with Crippen LogP contribution in [0.25, 0.3) is 0 Å². The van der Waals surface area contributed by atoms with Crippen molar-refractivity contribution >= 4 is 5.91 Å². The van der Waals surface area contributed by atoms with Crippen molar-refractivity contribution in [3.05, 3.63) is 48.6 Å². The lowest BCUT2D eigenvalue weighted by atomic mass is 10.0. The molecule has 1 amide bonds. The Balaban J connectivity index is 3.34. The topological polar surface area (TPSA) is 69.6 Å². The predicted molar refractivity (Wildman–Crippen MR) is 248 cm³/mol. The van der Waals surface area contributed by atoms with Gasteiger partial charge in [0.05, 0.1) is 18.8 Å². The summed E-state index contributed by atoms with van der Waals surface area (Å²) in [5, 5.41) is 23.0. The fraction of sp³-hybridized carbons (Fsp3) is 0.827. The van der Waals surface area contributed by atoms with Crippen molar-refractivity contribution in [2.45, 2.75) is 270 Å². The van der Waals surface area contributed by atoms with E-state index in [1.54, 1.807) is 0 Å². The van der Waals surface area contributed by atoms with Gasteiger partial charge in [0.15, 0.2) is 0 Å². The molecule has 0 rings (SSSR count). The van der Waals surface area contributed by atoms with E-state index in [1.807, 2.05) is 0 Å². The maximum Gasteiger partial charge on any atom is 0.220 e. The average molecular weight is 784 g/mol. The molecule has 0 saturated carbocycles. The Kier molecular flexibility index (Phi) is 46.3. The molecule has 328 valence electrons. The number of hydrogen-bond acceptors (Lipinski definition) is 3. The Bertz CT molecular complexity index is 893. The molecule has 2 atom stereocenters. The second-order valence-electron chi connectivity index (χ2n) is 16.9. The second kappa shape index (κ2) is 47.7. The van der Waals surface area contributed by atoms with E-state index in [2.05, 4.69) is 67.8 Å². The number of carbonyl (C=O) groups is 1. The Morgan fingerprint density at radius 3 is 1.18 bits per heavy atom. The first-order chi connectivity index (χ1) is 27.7. The van der Waals surface area contributed by atoms with Crippen LogP contribution in [0, 0.1) is 0 Å². The zero-order valence-electron chi connectivity index (χ0n) is 37.7. The number of carbonyl (C=O) groups excluding carboxylic acids is 1. The lowest BCUT2D eigenvalue weighted by molar-refractivity contribution is -0.123. The molecular weight excluding hydrogens is 687 g/mol. The van der Waals surface area contributed by atoms with Gasteiger partial charge in [-0.15, -0.1) is 0 Å². The molecule has 0 aromatic heterocycles. The van der Waals surface area contributed by atoms with Gasteiger partial charge in [-0.05, 0) is 51.4 Å². The van der Waals surface area contributed by atoms with E-state index in [0.717, 1.165) is 51.4 Å². The van der Waals surface area contributed by atoms with Crippen LogP contribution in [-0.2, 0) is 4.79 Å². The van der Waals surface area contributed by atoms with Crippen molar-refractivity contribution in [1.82, 2.24) is 5.32 Å². The summed E-state index contributed by atoms with van der Waals surface area (Å²) in [7, 11) is 0.